The molecule has 1 aliphatic rings. The van der Waals surface area contributed by atoms with E-state index in [-0.39, 0.29) is 24.8 Å². The van der Waals surface area contributed by atoms with E-state index in [1.54, 1.807) is 3.26 Å². The fourth-order valence-corrected chi connectivity index (χ4v) is 3.37. The van der Waals surface area contributed by atoms with Gasteiger partial charge in [0, 0.05) is 0 Å². The molecule has 1 aliphatic carbocycles. The number of hydrogen-bond acceptors (Lipinski definition) is 0. The van der Waals surface area contributed by atoms with Gasteiger partial charge >= 0.3 is 79.5 Å². The summed E-state index contributed by atoms with van der Waals surface area (Å²) in [5.74, 6) is 0. The molecular formula is C27H32Cl2Hf-2. The molecule has 160 valence electrons. The monoisotopic (exact) mass is 606 g/mol. The van der Waals surface area contributed by atoms with Gasteiger partial charge in [-0.25, -0.2) is 12.2 Å². The van der Waals surface area contributed by atoms with Crippen molar-refractivity contribution in [3.05, 3.63) is 78.9 Å². The van der Waals surface area contributed by atoms with Gasteiger partial charge in [0.05, 0.1) is 0 Å². The van der Waals surface area contributed by atoms with Crippen LogP contribution in [0.1, 0.15) is 48.0 Å². The molecule has 0 aliphatic heterocycles. The van der Waals surface area contributed by atoms with Crippen molar-refractivity contribution < 1.29 is 48.7 Å². The zero-order valence-corrected chi connectivity index (χ0v) is 24.0. The van der Waals surface area contributed by atoms with Crippen LogP contribution in [0.5, 0.6) is 0 Å². The Bertz CT molecular complexity index is 903. The van der Waals surface area contributed by atoms with Crippen molar-refractivity contribution >= 4 is 24.8 Å². The van der Waals surface area contributed by atoms with Crippen molar-refractivity contribution in [2.45, 2.75) is 48.0 Å². The molecule has 0 atom stereocenters. The van der Waals surface area contributed by atoms with Crippen LogP contribution in [0.2, 0.25) is 0 Å². The fourth-order valence-electron chi connectivity index (χ4n) is 3.37. The number of hydrogen-bond donors (Lipinski definition) is 0. The summed E-state index contributed by atoms with van der Waals surface area (Å²) in [4.78, 5) is 0. The first-order chi connectivity index (χ1) is 13.1. The van der Waals surface area contributed by atoms with Crippen LogP contribution >= 0.6 is 0 Å². The molecule has 3 aromatic carbocycles. The molecule has 3 aromatic rings. The molecule has 0 aromatic heterocycles. The van der Waals surface area contributed by atoms with E-state index < -0.39 is 0 Å². The normalized spacial score (nSPS) is 12.3. The molecule has 0 N–H and O–H groups in total. The quantitative estimate of drug-likeness (QED) is 0.271. The van der Waals surface area contributed by atoms with Gasteiger partial charge in [0.1, 0.15) is 0 Å². The van der Waals surface area contributed by atoms with Gasteiger partial charge < -0.3 is 24.8 Å². The maximum absolute atomic E-state index is 2.99. The Hall–Kier alpha value is -0.890. The molecule has 0 saturated carbocycles. The molecule has 0 amide bonds. The fraction of sp³-hybridized carbons (Fsp3) is 0.333. The first-order valence-electron chi connectivity index (χ1n) is 9.95. The molecule has 30 heavy (non-hydrogen) atoms. The van der Waals surface area contributed by atoms with Crippen LogP contribution in [0.25, 0.3) is 21.5 Å². The minimum absolute atomic E-state index is 0. The van der Waals surface area contributed by atoms with E-state index in [9.17, 15) is 0 Å². The number of rotatable bonds is 0. The molecule has 0 bridgehead atoms. The molecule has 3 heteroatoms. The number of benzene rings is 2. The predicted molar refractivity (Wildman–Crippen MR) is 123 cm³/mol. The van der Waals surface area contributed by atoms with Crippen LogP contribution in [0.4, 0.5) is 0 Å². The van der Waals surface area contributed by atoms with E-state index in [1.165, 1.54) is 45.4 Å². The topological polar surface area (TPSA) is 0 Å². The van der Waals surface area contributed by atoms with Crippen LogP contribution < -0.4 is 24.8 Å². The summed E-state index contributed by atoms with van der Waals surface area (Å²) in [5.41, 5.74) is 0.842. The summed E-state index contributed by atoms with van der Waals surface area (Å²) in [6.45, 7) is 13.8. The molecule has 0 unspecified atom stereocenters. The minimum atomic E-state index is 0. The van der Waals surface area contributed by atoms with E-state index >= 15 is 0 Å². The Labute approximate surface area is 210 Å². The van der Waals surface area contributed by atoms with Gasteiger partial charge in [0.15, 0.2) is 0 Å². The third-order valence-electron chi connectivity index (χ3n) is 4.61. The third-order valence-corrected chi connectivity index (χ3v) is 10.00. The Morgan fingerprint density at radius 3 is 1.50 bits per heavy atom. The number of halogens is 2. The van der Waals surface area contributed by atoms with Crippen molar-refractivity contribution in [1.29, 1.82) is 0 Å². The standard InChI is InChI=1S/C13H9.C9H18.C5H5.2ClH.Hf/c1-3-7-12-10(5-1)9-11-6-2-4-8-13(11)12;1-8(2,3)7-9(4,5)6;1-2-4-5-3-1;;;/h1-9H;1-6H3;1-3H,4H2;2*1H;/q-1;;-1;;;+2/p-2. The van der Waals surface area contributed by atoms with Crippen LogP contribution in [-0.4, -0.2) is 3.26 Å². The van der Waals surface area contributed by atoms with E-state index in [2.05, 4.69) is 108 Å². The van der Waals surface area contributed by atoms with Crippen LogP contribution in [0.3, 0.4) is 0 Å². The zero-order valence-electron chi connectivity index (χ0n) is 18.9. The predicted octanol–water partition coefficient (Wildman–Crippen LogP) is 1.82. The smallest absolute Gasteiger partial charge is 0.0771 e. The van der Waals surface area contributed by atoms with Gasteiger partial charge in [0.2, 0.25) is 0 Å². The molecule has 4 rings (SSSR count). The van der Waals surface area contributed by atoms with Gasteiger partial charge in [-0.2, -0.15) is 6.08 Å². The molecule has 0 saturated heterocycles. The zero-order chi connectivity index (χ0) is 20.8. The maximum atomic E-state index is 2.99. The van der Waals surface area contributed by atoms with Crippen molar-refractivity contribution in [3.63, 3.8) is 0 Å². The SMILES string of the molecule is CC(C)(C)[C](=[Hf+2])C(C)(C)C.[C-]1=CC=CC1.[Cl-].[Cl-].c1ccc2c(c1)[cH-]c1ccccc12. The van der Waals surface area contributed by atoms with Gasteiger partial charge in [-0.05, 0) is 0 Å². The van der Waals surface area contributed by atoms with E-state index in [0.717, 1.165) is 6.42 Å². The summed E-state index contributed by atoms with van der Waals surface area (Å²) in [5, 5.41) is 5.39. The second-order valence-corrected chi connectivity index (χ2v) is 11.0. The number of allylic oxidation sites excluding steroid dienone is 4. The summed E-state index contributed by atoms with van der Waals surface area (Å²) in [7, 11) is 0. The van der Waals surface area contributed by atoms with E-state index in [1.807, 2.05) is 12.2 Å². The minimum Gasteiger partial charge on any atom is -1.00 e. The van der Waals surface area contributed by atoms with Gasteiger partial charge in [-0.1, -0.05) is 36.4 Å². The molecule has 0 nitrogen and oxygen atoms in total. The van der Waals surface area contributed by atoms with Crippen molar-refractivity contribution in [2.24, 2.45) is 10.8 Å². The maximum Gasteiger partial charge on any atom is -0.0771 e. The van der Waals surface area contributed by atoms with Crippen LogP contribution in [0.15, 0.2) is 72.8 Å². The second kappa shape index (κ2) is 12.8. The summed E-state index contributed by atoms with van der Waals surface area (Å²) >= 11 is 1.22. The second-order valence-electron chi connectivity index (χ2n) is 9.20. The molecule has 0 heterocycles. The Balaban J connectivity index is 0.000000444. The average Bonchev–Trinajstić information content (AvgIpc) is 3.31. The number of fused-ring (bicyclic) bond motifs is 3. The first-order valence-corrected chi connectivity index (χ1v) is 11.7. The van der Waals surface area contributed by atoms with Crippen molar-refractivity contribution in [1.82, 2.24) is 0 Å². The van der Waals surface area contributed by atoms with Crippen LogP contribution in [-0.2, 0) is 23.9 Å². The molecule has 0 spiro atoms. The van der Waals surface area contributed by atoms with Crippen LogP contribution in [0, 0.1) is 16.9 Å². The summed E-state index contributed by atoms with van der Waals surface area (Å²) in [6.07, 6.45) is 10.0. The average molecular weight is 606 g/mol. The van der Waals surface area contributed by atoms with Gasteiger partial charge in [0.25, 0.3) is 0 Å². The molecular weight excluding hydrogens is 574 g/mol. The van der Waals surface area contributed by atoms with E-state index in [0.29, 0.717) is 10.8 Å². The summed E-state index contributed by atoms with van der Waals surface area (Å²) < 4.78 is 1.71. The Kier molecular flexibility index (Phi) is 12.5. The largest absolute Gasteiger partial charge is 1.00 e. The molecule has 0 radical (unpaired) electrons. The molecule has 0 fully saturated rings. The van der Waals surface area contributed by atoms with E-state index in [4.69, 9.17) is 0 Å². The Morgan fingerprint density at radius 2 is 1.23 bits per heavy atom. The van der Waals surface area contributed by atoms with Crippen molar-refractivity contribution in [3.8, 4) is 0 Å². The van der Waals surface area contributed by atoms with Crippen molar-refractivity contribution in [2.75, 3.05) is 0 Å². The Morgan fingerprint density at radius 1 is 0.800 bits per heavy atom. The first kappa shape index (κ1) is 29.1. The summed E-state index contributed by atoms with van der Waals surface area (Å²) in [6, 6.07) is 19.3. The third kappa shape index (κ3) is 8.69. The van der Waals surface area contributed by atoms with Gasteiger partial charge in [-0.3, -0.25) is 6.08 Å². The van der Waals surface area contributed by atoms with Gasteiger partial charge in [-0.15, -0.1) is 46.2 Å².